The lowest BCUT2D eigenvalue weighted by Crippen LogP contribution is -2.51. The molecule has 2 aliphatic rings. The van der Waals surface area contributed by atoms with E-state index in [1.807, 2.05) is 0 Å². The molecule has 0 spiro atoms. The van der Waals surface area contributed by atoms with Gasteiger partial charge in [-0.15, -0.1) is 0 Å². The normalized spacial score (nSPS) is 43.6. The predicted molar refractivity (Wildman–Crippen MR) is 62.8 cm³/mol. The van der Waals surface area contributed by atoms with Gasteiger partial charge in [0, 0.05) is 6.04 Å². The molecule has 0 aromatic carbocycles. The fraction of sp³-hybridized carbons (Fsp3) is 0.923. The average Bonchev–Trinajstić information content (AvgIpc) is 2.29. The van der Waals surface area contributed by atoms with E-state index in [2.05, 4.69) is 6.92 Å². The molecule has 2 saturated carbocycles. The van der Waals surface area contributed by atoms with E-state index in [9.17, 15) is 4.79 Å². The Labute approximate surface area is 97.7 Å². The van der Waals surface area contributed by atoms with E-state index in [0.717, 1.165) is 31.6 Å². The zero-order chi connectivity index (χ0) is 11.8. The van der Waals surface area contributed by atoms with Crippen molar-refractivity contribution in [3.05, 3.63) is 0 Å². The highest BCUT2D eigenvalue weighted by atomic mass is 16.5. The fourth-order valence-electron chi connectivity index (χ4n) is 3.74. The summed E-state index contributed by atoms with van der Waals surface area (Å²) in [6.07, 6.45) is 6.71. The number of nitrogens with two attached hydrogens (primary N) is 1. The lowest BCUT2D eigenvalue weighted by atomic mass is 9.56. The highest BCUT2D eigenvalue weighted by molar-refractivity contribution is 5.72. The van der Waals surface area contributed by atoms with Gasteiger partial charge in [-0.05, 0) is 43.4 Å². The Hall–Kier alpha value is -0.570. The minimum absolute atomic E-state index is 0.0440. The Balaban J connectivity index is 2.11. The van der Waals surface area contributed by atoms with Crippen molar-refractivity contribution in [2.24, 2.45) is 23.0 Å². The SMILES string of the molecule is COC(=O)[C@@H]1CC[C@H]2CCC[C@@H](N)[C@@]2(C)C1. The average molecular weight is 225 g/mol. The third-order valence-electron chi connectivity index (χ3n) is 4.93. The van der Waals surface area contributed by atoms with Crippen molar-refractivity contribution in [2.45, 2.75) is 51.5 Å². The van der Waals surface area contributed by atoms with E-state index in [-0.39, 0.29) is 23.3 Å². The second kappa shape index (κ2) is 4.36. The molecule has 3 nitrogen and oxygen atoms in total. The van der Waals surface area contributed by atoms with E-state index in [0.29, 0.717) is 0 Å². The fourth-order valence-corrected chi connectivity index (χ4v) is 3.74. The Morgan fingerprint density at radius 3 is 2.75 bits per heavy atom. The van der Waals surface area contributed by atoms with Gasteiger partial charge < -0.3 is 10.5 Å². The third kappa shape index (κ3) is 1.86. The molecule has 2 fully saturated rings. The van der Waals surface area contributed by atoms with Crippen molar-refractivity contribution < 1.29 is 9.53 Å². The summed E-state index contributed by atoms with van der Waals surface area (Å²) in [5, 5.41) is 0. The Bertz CT molecular complexity index is 279. The topological polar surface area (TPSA) is 52.3 Å². The molecule has 2 aliphatic carbocycles. The van der Waals surface area contributed by atoms with Gasteiger partial charge in [-0.2, -0.15) is 0 Å². The van der Waals surface area contributed by atoms with E-state index >= 15 is 0 Å². The molecule has 0 aliphatic heterocycles. The highest BCUT2D eigenvalue weighted by Gasteiger charge is 2.47. The molecule has 0 radical (unpaired) electrons. The molecular weight excluding hydrogens is 202 g/mol. The van der Waals surface area contributed by atoms with Crippen LogP contribution in [0.5, 0.6) is 0 Å². The molecule has 0 aromatic rings. The Morgan fingerprint density at radius 1 is 1.31 bits per heavy atom. The second-order valence-electron chi connectivity index (χ2n) is 5.74. The van der Waals surface area contributed by atoms with Crippen LogP contribution in [0.25, 0.3) is 0 Å². The van der Waals surface area contributed by atoms with Crippen LogP contribution in [0.4, 0.5) is 0 Å². The summed E-state index contributed by atoms with van der Waals surface area (Å²) in [5.41, 5.74) is 6.44. The first kappa shape index (κ1) is 11.9. The lowest BCUT2D eigenvalue weighted by Gasteiger charge is -2.50. The van der Waals surface area contributed by atoms with Crippen LogP contribution in [0.15, 0.2) is 0 Å². The maximum Gasteiger partial charge on any atom is 0.308 e. The molecule has 2 N–H and O–H groups in total. The van der Waals surface area contributed by atoms with Crippen molar-refractivity contribution in [1.29, 1.82) is 0 Å². The smallest absolute Gasteiger partial charge is 0.308 e. The number of hydrogen-bond acceptors (Lipinski definition) is 3. The first-order valence-electron chi connectivity index (χ1n) is 6.41. The van der Waals surface area contributed by atoms with Crippen LogP contribution in [-0.2, 0) is 9.53 Å². The van der Waals surface area contributed by atoms with Gasteiger partial charge in [0.1, 0.15) is 0 Å². The molecule has 0 aromatic heterocycles. The minimum Gasteiger partial charge on any atom is -0.469 e. The Kier molecular flexibility index (Phi) is 3.24. The molecule has 92 valence electrons. The van der Waals surface area contributed by atoms with Crippen molar-refractivity contribution >= 4 is 5.97 Å². The van der Waals surface area contributed by atoms with Crippen molar-refractivity contribution in [3.63, 3.8) is 0 Å². The molecule has 0 heterocycles. The molecule has 0 saturated heterocycles. The summed E-state index contributed by atoms with van der Waals surface area (Å²) in [6.45, 7) is 2.27. The number of ether oxygens (including phenoxy) is 1. The van der Waals surface area contributed by atoms with Crippen LogP contribution in [-0.4, -0.2) is 19.1 Å². The summed E-state index contributed by atoms with van der Waals surface area (Å²) >= 11 is 0. The standard InChI is InChI=1S/C13H23NO2/c1-13-8-9(12(15)16-2)6-7-10(13)4-3-5-11(13)14/h9-11H,3-8,14H2,1-2H3/t9-,10-,11-,13+/m1/s1. The summed E-state index contributed by atoms with van der Waals surface area (Å²) < 4.78 is 4.87. The molecule has 2 rings (SSSR count). The van der Waals surface area contributed by atoms with E-state index < -0.39 is 0 Å². The summed E-state index contributed by atoms with van der Waals surface area (Å²) in [7, 11) is 1.48. The van der Waals surface area contributed by atoms with Crippen LogP contribution < -0.4 is 5.73 Å². The van der Waals surface area contributed by atoms with Crippen LogP contribution in [0.2, 0.25) is 0 Å². The first-order chi connectivity index (χ1) is 7.58. The van der Waals surface area contributed by atoms with Crippen LogP contribution >= 0.6 is 0 Å². The summed E-state index contributed by atoms with van der Waals surface area (Å²) in [4.78, 5) is 11.6. The third-order valence-corrected chi connectivity index (χ3v) is 4.93. The van der Waals surface area contributed by atoms with E-state index in [1.54, 1.807) is 0 Å². The van der Waals surface area contributed by atoms with Crippen molar-refractivity contribution in [1.82, 2.24) is 0 Å². The number of carbonyl (C=O) groups excluding carboxylic acids is 1. The molecule has 0 unspecified atom stereocenters. The number of rotatable bonds is 1. The number of methoxy groups -OCH3 is 1. The maximum atomic E-state index is 11.6. The summed E-state index contributed by atoms with van der Waals surface area (Å²) in [5.74, 6) is 0.755. The molecular formula is C13H23NO2. The van der Waals surface area contributed by atoms with Gasteiger partial charge in [-0.1, -0.05) is 13.3 Å². The van der Waals surface area contributed by atoms with Crippen LogP contribution in [0.3, 0.4) is 0 Å². The molecule has 3 heteroatoms. The lowest BCUT2D eigenvalue weighted by molar-refractivity contribution is -0.150. The van der Waals surface area contributed by atoms with Gasteiger partial charge in [0.25, 0.3) is 0 Å². The van der Waals surface area contributed by atoms with Crippen LogP contribution in [0.1, 0.15) is 45.4 Å². The van der Waals surface area contributed by atoms with Gasteiger partial charge in [-0.25, -0.2) is 0 Å². The summed E-state index contributed by atoms with van der Waals surface area (Å²) in [6, 6.07) is 0.263. The second-order valence-corrected chi connectivity index (χ2v) is 5.74. The molecule has 0 bridgehead atoms. The molecule has 4 atom stereocenters. The number of esters is 1. The molecule has 0 amide bonds. The monoisotopic (exact) mass is 225 g/mol. The zero-order valence-corrected chi connectivity index (χ0v) is 10.4. The van der Waals surface area contributed by atoms with Gasteiger partial charge in [0.05, 0.1) is 13.0 Å². The molecule has 16 heavy (non-hydrogen) atoms. The predicted octanol–water partition coefficient (Wildman–Crippen LogP) is 2.09. The van der Waals surface area contributed by atoms with Crippen molar-refractivity contribution in [3.8, 4) is 0 Å². The number of carbonyl (C=O) groups is 1. The first-order valence-corrected chi connectivity index (χ1v) is 6.41. The van der Waals surface area contributed by atoms with Crippen LogP contribution in [0, 0.1) is 17.3 Å². The quantitative estimate of drug-likeness (QED) is 0.695. The maximum absolute atomic E-state index is 11.6. The zero-order valence-electron chi connectivity index (χ0n) is 10.4. The van der Waals surface area contributed by atoms with Crippen molar-refractivity contribution in [2.75, 3.05) is 7.11 Å². The number of fused-ring (bicyclic) bond motifs is 1. The number of hydrogen-bond donors (Lipinski definition) is 1. The largest absolute Gasteiger partial charge is 0.469 e. The van der Waals surface area contributed by atoms with E-state index in [4.69, 9.17) is 10.5 Å². The minimum atomic E-state index is -0.0440. The van der Waals surface area contributed by atoms with Gasteiger partial charge in [0.2, 0.25) is 0 Å². The van der Waals surface area contributed by atoms with Gasteiger partial charge in [-0.3, -0.25) is 4.79 Å². The van der Waals surface area contributed by atoms with Gasteiger partial charge in [0.15, 0.2) is 0 Å². The van der Waals surface area contributed by atoms with Gasteiger partial charge >= 0.3 is 5.97 Å². The van der Waals surface area contributed by atoms with E-state index in [1.165, 1.54) is 20.0 Å². The highest BCUT2D eigenvalue weighted by Crippen LogP contribution is 2.51. The Morgan fingerprint density at radius 2 is 2.06 bits per heavy atom.